The second-order valence-corrected chi connectivity index (χ2v) is 9.01. The summed E-state index contributed by atoms with van der Waals surface area (Å²) in [5.41, 5.74) is 0.563. The maximum atomic E-state index is 12.5. The molecule has 0 aliphatic carbocycles. The number of carbonyl (C=O) groups excluding carboxylic acids is 1. The van der Waals surface area contributed by atoms with Crippen LogP contribution in [-0.4, -0.2) is 45.3 Å². The normalized spacial score (nSPS) is 13.1. The Morgan fingerprint density at radius 2 is 1.81 bits per heavy atom. The predicted molar refractivity (Wildman–Crippen MR) is 104 cm³/mol. The molecule has 1 aromatic heterocycles. The van der Waals surface area contributed by atoms with Crippen molar-refractivity contribution in [2.24, 2.45) is 0 Å². The molecule has 0 radical (unpaired) electrons. The van der Waals surface area contributed by atoms with Gasteiger partial charge in [-0.05, 0) is 57.2 Å². The molecule has 1 atom stereocenters. The maximum Gasteiger partial charge on any atom is 0.279 e. The van der Waals surface area contributed by atoms with Gasteiger partial charge in [-0.15, -0.1) is 0 Å². The molecule has 27 heavy (non-hydrogen) atoms. The number of anilines is 1. The van der Waals surface area contributed by atoms with Crippen LogP contribution in [0.15, 0.2) is 45.7 Å². The van der Waals surface area contributed by atoms with Crippen LogP contribution in [0.4, 0.5) is 5.69 Å². The highest BCUT2D eigenvalue weighted by molar-refractivity contribution is 7.89. The van der Waals surface area contributed by atoms with Crippen LogP contribution in [-0.2, 0) is 21.4 Å². The predicted octanol–water partition coefficient (Wildman–Crippen LogP) is 1.27. The summed E-state index contributed by atoms with van der Waals surface area (Å²) in [7, 11) is -0.0670. The minimum absolute atomic E-state index is 0.133. The molecule has 1 aromatic carbocycles. The highest BCUT2D eigenvalue weighted by Gasteiger charge is 2.23. The molecule has 0 saturated carbocycles. The fourth-order valence-electron chi connectivity index (χ4n) is 2.57. The van der Waals surface area contributed by atoms with E-state index in [0.717, 1.165) is 16.4 Å². The zero-order valence-electron chi connectivity index (χ0n) is 16.4. The Bertz CT molecular complexity index is 873. The number of amides is 1. The average molecular weight is 395 g/mol. The number of aryl methyl sites for hydroxylation is 1. The number of hydrogen-bond donors (Lipinski definition) is 2. The van der Waals surface area contributed by atoms with Crippen molar-refractivity contribution >= 4 is 21.6 Å². The number of rotatable bonds is 8. The lowest BCUT2D eigenvalue weighted by Crippen LogP contribution is -3.08. The van der Waals surface area contributed by atoms with Gasteiger partial charge in [0.2, 0.25) is 10.0 Å². The monoisotopic (exact) mass is 394 g/mol. The number of sulfonamides is 1. The smallest absolute Gasteiger partial charge is 0.279 e. The van der Waals surface area contributed by atoms with Crippen LogP contribution in [0.1, 0.15) is 25.4 Å². The summed E-state index contributed by atoms with van der Waals surface area (Å²) in [6.07, 6.45) is 0. The summed E-state index contributed by atoms with van der Waals surface area (Å²) in [6, 6.07) is 9.89. The van der Waals surface area contributed by atoms with Crippen molar-refractivity contribution in [2.75, 3.05) is 26.0 Å². The Labute approximate surface area is 161 Å². The van der Waals surface area contributed by atoms with Crippen LogP contribution >= 0.6 is 0 Å². The molecule has 7 nitrogen and oxygen atoms in total. The third-order valence-electron chi connectivity index (χ3n) is 4.28. The molecule has 2 N–H and O–H groups in total. The highest BCUT2D eigenvalue weighted by atomic mass is 32.2. The van der Waals surface area contributed by atoms with Gasteiger partial charge in [-0.25, -0.2) is 8.42 Å². The average Bonchev–Trinajstić information content (AvgIpc) is 2.98. The molecule has 2 rings (SSSR count). The molecule has 1 unspecified atom stereocenters. The lowest BCUT2D eigenvalue weighted by molar-refractivity contribution is -0.886. The van der Waals surface area contributed by atoms with Gasteiger partial charge in [0.15, 0.2) is 12.3 Å². The van der Waals surface area contributed by atoms with Crippen molar-refractivity contribution in [1.82, 2.24) is 4.31 Å². The summed E-state index contributed by atoms with van der Waals surface area (Å²) < 4.78 is 31.7. The van der Waals surface area contributed by atoms with Crippen molar-refractivity contribution < 1.29 is 22.5 Å². The fourth-order valence-corrected chi connectivity index (χ4v) is 3.94. The van der Waals surface area contributed by atoms with E-state index in [9.17, 15) is 13.2 Å². The van der Waals surface area contributed by atoms with Gasteiger partial charge in [0, 0.05) is 18.8 Å². The van der Waals surface area contributed by atoms with Gasteiger partial charge < -0.3 is 14.6 Å². The topological polar surface area (TPSA) is 84.1 Å². The lowest BCUT2D eigenvalue weighted by Gasteiger charge is -2.21. The van der Waals surface area contributed by atoms with Crippen molar-refractivity contribution in [3.05, 3.63) is 47.9 Å². The van der Waals surface area contributed by atoms with Gasteiger partial charge in [-0.3, -0.25) is 4.79 Å². The molecule has 148 valence electrons. The number of nitrogens with one attached hydrogen (secondary N) is 2. The summed E-state index contributed by atoms with van der Waals surface area (Å²) in [4.78, 5) is 13.4. The molecule has 2 aromatic rings. The van der Waals surface area contributed by atoms with E-state index in [0.29, 0.717) is 12.2 Å². The van der Waals surface area contributed by atoms with Gasteiger partial charge in [0.05, 0.1) is 11.9 Å². The molecule has 0 spiro atoms. The van der Waals surface area contributed by atoms with E-state index in [1.807, 2.05) is 40.0 Å². The van der Waals surface area contributed by atoms with Gasteiger partial charge >= 0.3 is 0 Å². The first kappa shape index (κ1) is 21.1. The second-order valence-electron chi connectivity index (χ2n) is 7.01. The fraction of sp³-hybridized carbons (Fsp3) is 0.421. The molecule has 0 saturated heterocycles. The third-order valence-corrected chi connectivity index (χ3v) is 6.32. The van der Waals surface area contributed by atoms with Crippen molar-refractivity contribution in [3.63, 3.8) is 0 Å². The number of hydrogen-bond acceptors (Lipinski definition) is 4. The van der Waals surface area contributed by atoms with E-state index < -0.39 is 10.0 Å². The minimum atomic E-state index is -3.53. The number of likely N-dealkylation sites (N-methyl/N-ethyl adjacent to an activating group) is 1. The van der Waals surface area contributed by atoms with Gasteiger partial charge in [0.1, 0.15) is 12.3 Å². The molecule has 8 heteroatoms. The Hall–Kier alpha value is -2.16. The van der Waals surface area contributed by atoms with Gasteiger partial charge in [0.25, 0.3) is 5.91 Å². The van der Waals surface area contributed by atoms with E-state index in [-0.39, 0.29) is 23.4 Å². The van der Waals surface area contributed by atoms with Crippen LogP contribution in [0, 0.1) is 6.92 Å². The summed E-state index contributed by atoms with van der Waals surface area (Å²) in [5.74, 6) is 1.53. The van der Waals surface area contributed by atoms with E-state index in [2.05, 4.69) is 5.32 Å². The molecule has 0 bridgehead atoms. The van der Waals surface area contributed by atoms with E-state index >= 15 is 0 Å². The first-order valence-electron chi connectivity index (χ1n) is 8.84. The number of nitrogens with zero attached hydrogens (tertiary/aromatic N) is 1. The Morgan fingerprint density at radius 3 is 2.33 bits per heavy atom. The molecule has 0 fully saturated rings. The molecule has 0 aliphatic heterocycles. The Balaban J connectivity index is 1.94. The zero-order chi connectivity index (χ0) is 20.2. The quantitative estimate of drug-likeness (QED) is 0.706. The molecular weight excluding hydrogens is 366 g/mol. The van der Waals surface area contributed by atoms with E-state index in [1.54, 1.807) is 19.2 Å². The van der Waals surface area contributed by atoms with Crippen LogP contribution in [0.2, 0.25) is 0 Å². The molecule has 0 aliphatic rings. The number of benzene rings is 1. The SMILES string of the molecule is Cc1ccc(C[NH+](C)CC(=O)Nc2ccc(S(=O)(=O)N(C)C(C)C)cc2)o1. The van der Waals surface area contributed by atoms with Crippen molar-refractivity contribution in [1.29, 1.82) is 0 Å². The highest BCUT2D eigenvalue weighted by Crippen LogP contribution is 2.18. The standard InChI is InChI=1S/C19H27N3O4S/c1-14(2)22(5)27(24,25)18-10-7-16(8-11-18)20-19(23)13-21(4)12-17-9-6-15(3)26-17/h6-11,14H,12-13H2,1-5H3,(H,20,23)/p+1. The van der Waals surface area contributed by atoms with Crippen LogP contribution < -0.4 is 10.2 Å². The number of quaternary nitrogens is 1. The summed E-state index contributed by atoms with van der Waals surface area (Å²) in [6.45, 7) is 6.40. The molecule has 1 heterocycles. The minimum Gasteiger partial charge on any atom is -0.460 e. The lowest BCUT2D eigenvalue weighted by atomic mass is 10.3. The van der Waals surface area contributed by atoms with Crippen molar-refractivity contribution in [2.45, 2.75) is 38.3 Å². The summed E-state index contributed by atoms with van der Waals surface area (Å²) in [5, 5.41) is 2.80. The Kier molecular flexibility index (Phi) is 6.80. The van der Waals surface area contributed by atoms with Crippen molar-refractivity contribution in [3.8, 4) is 0 Å². The number of carbonyl (C=O) groups is 1. The first-order chi connectivity index (χ1) is 12.6. The van der Waals surface area contributed by atoms with Gasteiger partial charge in [-0.2, -0.15) is 4.31 Å². The first-order valence-corrected chi connectivity index (χ1v) is 10.3. The number of furan rings is 1. The second kappa shape index (κ2) is 8.69. The molecule has 1 amide bonds. The molecular formula is C19H28N3O4S+. The van der Waals surface area contributed by atoms with Crippen LogP contribution in [0.25, 0.3) is 0 Å². The maximum absolute atomic E-state index is 12.5. The van der Waals surface area contributed by atoms with Gasteiger partial charge in [-0.1, -0.05) is 0 Å². The van der Waals surface area contributed by atoms with Crippen LogP contribution in [0.5, 0.6) is 0 Å². The Morgan fingerprint density at radius 1 is 1.19 bits per heavy atom. The van der Waals surface area contributed by atoms with E-state index in [1.165, 1.54) is 16.4 Å². The third kappa shape index (κ3) is 5.66. The zero-order valence-corrected chi connectivity index (χ0v) is 17.3. The summed E-state index contributed by atoms with van der Waals surface area (Å²) >= 11 is 0. The van der Waals surface area contributed by atoms with Crippen LogP contribution in [0.3, 0.4) is 0 Å². The largest absolute Gasteiger partial charge is 0.460 e. The van der Waals surface area contributed by atoms with E-state index in [4.69, 9.17) is 4.42 Å².